The highest BCUT2D eigenvalue weighted by atomic mass is 16.5. The molecule has 26 heavy (non-hydrogen) atoms. The van der Waals surface area contributed by atoms with Gasteiger partial charge in [-0.05, 0) is 19.1 Å². The van der Waals surface area contributed by atoms with E-state index in [4.69, 9.17) is 13.5 Å². The van der Waals surface area contributed by atoms with Gasteiger partial charge in [0.1, 0.15) is 17.0 Å². The van der Waals surface area contributed by atoms with E-state index in [1.807, 2.05) is 30.3 Å². The van der Waals surface area contributed by atoms with Crippen molar-refractivity contribution in [1.29, 1.82) is 0 Å². The van der Waals surface area contributed by atoms with Crippen molar-refractivity contribution in [2.45, 2.75) is 13.5 Å². The summed E-state index contributed by atoms with van der Waals surface area (Å²) in [6.45, 7) is 1.79. The maximum Gasteiger partial charge on any atom is 0.293 e. The lowest BCUT2D eigenvalue weighted by Crippen LogP contribution is -2.24. The number of aryl methyl sites for hydroxylation is 1. The molecule has 0 saturated heterocycles. The van der Waals surface area contributed by atoms with E-state index in [0.29, 0.717) is 28.6 Å². The van der Waals surface area contributed by atoms with Crippen molar-refractivity contribution in [2.24, 2.45) is 0 Å². The first-order valence-electron chi connectivity index (χ1n) is 7.88. The molecule has 8 nitrogen and oxygen atoms in total. The smallest absolute Gasteiger partial charge is 0.293 e. The van der Waals surface area contributed by atoms with E-state index >= 15 is 0 Å². The number of benzene rings is 1. The molecule has 3 aromatic heterocycles. The second-order valence-corrected chi connectivity index (χ2v) is 5.50. The fraction of sp³-hybridized carbons (Fsp3) is 0.111. The second-order valence-electron chi connectivity index (χ2n) is 5.50. The van der Waals surface area contributed by atoms with Gasteiger partial charge in [-0.2, -0.15) is 4.98 Å². The van der Waals surface area contributed by atoms with Gasteiger partial charge in [0.05, 0.1) is 12.8 Å². The Bertz CT molecular complexity index is 1020. The molecular formula is C18H14N4O4. The monoisotopic (exact) mass is 350 g/mol. The average molecular weight is 350 g/mol. The fourth-order valence-corrected chi connectivity index (χ4v) is 2.51. The van der Waals surface area contributed by atoms with Crippen molar-refractivity contribution in [3.8, 4) is 22.9 Å². The van der Waals surface area contributed by atoms with Gasteiger partial charge in [-0.25, -0.2) is 0 Å². The predicted molar refractivity (Wildman–Crippen MR) is 89.8 cm³/mol. The molecule has 0 fully saturated rings. The highest BCUT2D eigenvalue weighted by molar-refractivity contribution is 6.00. The number of hydrogen-bond acceptors (Lipinski definition) is 7. The number of carbonyl (C=O) groups is 1. The molecule has 0 unspecified atom stereocenters. The largest absolute Gasteiger partial charge is 0.459 e. The van der Waals surface area contributed by atoms with Crippen LogP contribution < -0.4 is 5.32 Å². The Balaban J connectivity index is 1.50. The normalized spacial score (nSPS) is 10.8. The molecule has 4 aromatic rings. The maximum atomic E-state index is 12.6. The van der Waals surface area contributed by atoms with Crippen LogP contribution in [0.2, 0.25) is 0 Å². The van der Waals surface area contributed by atoms with Crippen molar-refractivity contribution >= 4 is 5.91 Å². The lowest BCUT2D eigenvalue weighted by atomic mass is 10.1. The highest BCUT2D eigenvalue weighted by Gasteiger charge is 2.22. The number of hydrogen-bond donors (Lipinski definition) is 1. The summed E-state index contributed by atoms with van der Waals surface area (Å²) in [6.07, 6.45) is 1.51. The third-order valence-electron chi connectivity index (χ3n) is 3.74. The first-order valence-corrected chi connectivity index (χ1v) is 7.88. The molecule has 0 radical (unpaired) electrons. The van der Waals surface area contributed by atoms with Crippen LogP contribution in [0.4, 0.5) is 0 Å². The molecule has 0 aliphatic rings. The van der Waals surface area contributed by atoms with Crippen LogP contribution in [0.1, 0.15) is 21.9 Å². The molecule has 0 saturated carbocycles. The zero-order chi connectivity index (χ0) is 17.9. The summed E-state index contributed by atoms with van der Waals surface area (Å²) in [6, 6.07) is 12.8. The van der Waals surface area contributed by atoms with E-state index in [2.05, 4.69) is 20.6 Å². The Morgan fingerprint density at radius 1 is 1.08 bits per heavy atom. The van der Waals surface area contributed by atoms with Gasteiger partial charge in [0.2, 0.25) is 0 Å². The molecule has 8 heteroatoms. The molecule has 0 bridgehead atoms. The molecule has 1 N–H and O–H groups in total. The van der Waals surface area contributed by atoms with Crippen LogP contribution in [0.5, 0.6) is 0 Å². The standard InChI is InChI=1S/C18H14N4O4/c1-11-15(16(22-25-11)12-6-3-2-4-7-12)17(23)19-10-14-20-18(26-21-14)13-8-5-9-24-13/h2-9H,10H2,1H3,(H,19,23). The molecule has 0 aliphatic heterocycles. The molecular weight excluding hydrogens is 336 g/mol. The maximum absolute atomic E-state index is 12.6. The van der Waals surface area contributed by atoms with Gasteiger partial charge in [-0.15, -0.1) is 0 Å². The molecule has 130 valence electrons. The first-order chi connectivity index (χ1) is 12.7. The quantitative estimate of drug-likeness (QED) is 0.589. The van der Waals surface area contributed by atoms with Crippen LogP contribution >= 0.6 is 0 Å². The number of nitrogens with one attached hydrogen (secondary N) is 1. The van der Waals surface area contributed by atoms with E-state index < -0.39 is 0 Å². The van der Waals surface area contributed by atoms with E-state index in [9.17, 15) is 4.79 Å². The van der Waals surface area contributed by atoms with Gasteiger partial charge < -0.3 is 18.8 Å². The molecule has 0 aliphatic carbocycles. The van der Waals surface area contributed by atoms with E-state index in [-0.39, 0.29) is 18.3 Å². The van der Waals surface area contributed by atoms with Crippen molar-refractivity contribution in [1.82, 2.24) is 20.6 Å². The number of nitrogens with zero attached hydrogens (tertiary/aromatic N) is 3. The van der Waals surface area contributed by atoms with Crippen LogP contribution in [-0.4, -0.2) is 21.2 Å². The van der Waals surface area contributed by atoms with Crippen molar-refractivity contribution < 1.29 is 18.3 Å². The summed E-state index contributed by atoms with van der Waals surface area (Å²) >= 11 is 0. The third kappa shape index (κ3) is 3.00. The lowest BCUT2D eigenvalue weighted by molar-refractivity contribution is 0.0948. The summed E-state index contributed by atoms with van der Waals surface area (Å²) in [7, 11) is 0. The number of amides is 1. The Morgan fingerprint density at radius 2 is 1.92 bits per heavy atom. The van der Waals surface area contributed by atoms with Crippen LogP contribution in [0.3, 0.4) is 0 Å². The summed E-state index contributed by atoms with van der Waals surface area (Å²) in [5.41, 5.74) is 1.67. The Morgan fingerprint density at radius 3 is 2.69 bits per heavy atom. The second kappa shape index (κ2) is 6.67. The van der Waals surface area contributed by atoms with Gasteiger partial charge in [-0.3, -0.25) is 4.79 Å². The minimum atomic E-state index is -0.327. The zero-order valence-electron chi connectivity index (χ0n) is 13.8. The summed E-state index contributed by atoms with van der Waals surface area (Å²) in [5.74, 6) is 1.17. The van der Waals surface area contributed by atoms with E-state index in [0.717, 1.165) is 5.56 Å². The van der Waals surface area contributed by atoms with Crippen LogP contribution in [0.15, 0.2) is 62.2 Å². The number of furan rings is 1. The SMILES string of the molecule is Cc1onc(-c2ccccc2)c1C(=O)NCc1noc(-c2ccco2)n1. The minimum Gasteiger partial charge on any atom is -0.459 e. The van der Waals surface area contributed by atoms with E-state index in [1.165, 1.54) is 6.26 Å². The van der Waals surface area contributed by atoms with Crippen LogP contribution in [0, 0.1) is 6.92 Å². The molecule has 1 amide bonds. The zero-order valence-corrected chi connectivity index (χ0v) is 13.8. The van der Waals surface area contributed by atoms with Gasteiger partial charge in [0.25, 0.3) is 11.8 Å². The molecule has 1 aromatic carbocycles. The average Bonchev–Trinajstić information content (AvgIpc) is 3.40. The number of aromatic nitrogens is 3. The fourth-order valence-electron chi connectivity index (χ4n) is 2.51. The molecule has 0 atom stereocenters. The van der Waals surface area contributed by atoms with Crippen molar-refractivity contribution in [2.75, 3.05) is 0 Å². The summed E-state index contributed by atoms with van der Waals surface area (Å²) < 4.78 is 15.5. The summed E-state index contributed by atoms with van der Waals surface area (Å²) in [5, 5.41) is 10.6. The third-order valence-corrected chi connectivity index (χ3v) is 3.74. The Labute approximate surface area is 147 Å². The number of carbonyl (C=O) groups excluding carboxylic acids is 1. The molecule has 4 rings (SSSR count). The Kier molecular flexibility index (Phi) is 4.06. The van der Waals surface area contributed by atoms with Crippen molar-refractivity contribution in [3.63, 3.8) is 0 Å². The Hall–Kier alpha value is -3.68. The predicted octanol–water partition coefficient (Wildman–Crippen LogP) is 3.22. The van der Waals surface area contributed by atoms with Crippen LogP contribution in [-0.2, 0) is 6.54 Å². The first kappa shape index (κ1) is 15.8. The molecule has 0 spiro atoms. The van der Waals surface area contributed by atoms with Gasteiger partial charge in [-0.1, -0.05) is 40.6 Å². The van der Waals surface area contributed by atoms with Gasteiger partial charge in [0, 0.05) is 5.56 Å². The van der Waals surface area contributed by atoms with Crippen molar-refractivity contribution in [3.05, 3.63) is 65.9 Å². The van der Waals surface area contributed by atoms with Gasteiger partial charge >= 0.3 is 0 Å². The minimum absolute atomic E-state index is 0.0991. The number of rotatable bonds is 5. The van der Waals surface area contributed by atoms with Gasteiger partial charge in [0.15, 0.2) is 11.6 Å². The van der Waals surface area contributed by atoms with E-state index in [1.54, 1.807) is 19.1 Å². The highest BCUT2D eigenvalue weighted by Crippen LogP contribution is 2.25. The van der Waals surface area contributed by atoms with Crippen LogP contribution in [0.25, 0.3) is 22.9 Å². The topological polar surface area (TPSA) is 107 Å². The lowest BCUT2D eigenvalue weighted by Gasteiger charge is -2.03. The molecule has 3 heterocycles. The summed E-state index contributed by atoms with van der Waals surface area (Å²) in [4.78, 5) is 16.8.